The third-order valence-corrected chi connectivity index (χ3v) is 3.80. The summed E-state index contributed by atoms with van der Waals surface area (Å²) >= 11 is 3.41. The first-order valence-electron chi connectivity index (χ1n) is 7.09. The number of carbonyl (C=O) groups is 2. The lowest BCUT2D eigenvalue weighted by Crippen LogP contribution is -2.30. The van der Waals surface area contributed by atoms with Gasteiger partial charge in [0.1, 0.15) is 18.0 Å². The molecule has 0 saturated carbocycles. The number of anilines is 1. The van der Waals surface area contributed by atoms with Crippen LogP contribution in [0, 0.1) is 6.92 Å². The highest BCUT2D eigenvalue weighted by atomic mass is 79.9. The summed E-state index contributed by atoms with van der Waals surface area (Å²) in [7, 11) is 1.26. The topological polar surface area (TPSA) is 90.6 Å². The second-order valence-corrected chi connectivity index (χ2v) is 5.89. The van der Waals surface area contributed by atoms with Gasteiger partial charge in [-0.3, -0.25) is 9.59 Å². The third-order valence-electron chi connectivity index (χ3n) is 3.21. The Hall–Kier alpha value is -2.54. The number of methoxy groups -OCH3 is 1. The molecule has 7 heteroatoms. The minimum absolute atomic E-state index is 0.185. The lowest BCUT2D eigenvalue weighted by molar-refractivity contribution is -0.139. The average Bonchev–Trinajstić information content (AvgIpc) is 2.57. The Kier molecular flexibility index (Phi) is 5.81. The van der Waals surface area contributed by atoms with Crippen LogP contribution in [0.25, 0.3) is 0 Å². The minimum Gasteiger partial charge on any atom is -0.468 e. The summed E-state index contributed by atoms with van der Waals surface area (Å²) in [6.45, 7) is 1.64. The number of hydrogen-bond acceptors (Lipinski definition) is 5. The molecular formula is C17H17BrN2O4. The molecule has 126 valence electrons. The first-order valence-corrected chi connectivity index (χ1v) is 7.88. The summed E-state index contributed by atoms with van der Waals surface area (Å²) in [4.78, 5) is 23.2. The Morgan fingerprint density at radius 3 is 2.46 bits per heavy atom. The predicted octanol–water partition coefficient (Wildman–Crippen LogP) is 3.03. The van der Waals surface area contributed by atoms with Crippen LogP contribution in [0.4, 0.5) is 5.69 Å². The highest BCUT2D eigenvalue weighted by Gasteiger charge is 2.14. The van der Waals surface area contributed by atoms with Gasteiger partial charge >= 0.3 is 5.97 Å². The van der Waals surface area contributed by atoms with Gasteiger partial charge in [-0.15, -0.1) is 0 Å². The third kappa shape index (κ3) is 4.48. The maximum Gasteiger partial charge on any atom is 0.325 e. The van der Waals surface area contributed by atoms with E-state index in [0.717, 1.165) is 5.56 Å². The largest absolute Gasteiger partial charge is 0.468 e. The number of hydrogen-bond donors (Lipinski definition) is 2. The maximum absolute atomic E-state index is 12.1. The lowest BCUT2D eigenvalue weighted by atomic mass is 10.1. The number of carbonyl (C=O) groups excluding carboxylic acids is 2. The SMILES string of the molecule is COC(=O)CNC(=O)c1cc(C)c(Oc2ccc(N)cc2)c(Br)c1. The molecule has 0 fully saturated rings. The summed E-state index contributed by atoms with van der Waals surface area (Å²) in [5.41, 5.74) is 7.48. The number of aryl methyl sites for hydroxylation is 1. The van der Waals surface area contributed by atoms with Crippen molar-refractivity contribution < 1.29 is 19.1 Å². The van der Waals surface area contributed by atoms with Gasteiger partial charge in [0.05, 0.1) is 11.6 Å². The number of benzene rings is 2. The quantitative estimate of drug-likeness (QED) is 0.602. The number of amides is 1. The first-order chi connectivity index (χ1) is 11.4. The number of nitrogens with one attached hydrogen (secondary N) is 1. The van der Waals surface area contributed by atoms with Gasteiger partial charge in [-0.05, 0) is 64.8 Å². The van der Waals surface area contributed by atoms with Crippen LogP contribution in [0.2, 0.25) is 0 Å². The van der Waals surface area contributed by atoms with Crippen molar-refractivity contribution in [2.75, 3.05) is 19.4 Å². The Bertz CT molecular complexity index is 737. The van der Waals surface area contributed by atoms with Crippen LogP contribution in [0.3, 0.4) is 0 Å². The fourth-order valence-corrected chi connectivity index (χ4v) is 2.61. The van der Waals surface area contributed by atoms with E-state index in [1.165, 1.54) is 7.11 Å². The Morgan fingerprint density at radius 2 is 1.88 bits per heavy atom. The van der Waals surface area contributed by atoms with Crippen LogP contribution in [0.1, 0.15) is 15.9 Å². The van der Waals surface area contributed by atoms with Crippen LogP contribution >= 0.6 is 15.9 Å². The monoisotopic (exact) mass is 392 g/mol. The highest BCUT2D eigenvalue weighted by molar-refractivity contribution is 9.10. The zero-order valence-corrected chi connectivity index (χ0v) is 14.8. The zero-order chi connectivity index (χ0) is 17.7. The van der Waals surface area contributed by atoms with Gasteiger partial charge in [-0.2, -0.15) is 0 Å². The van der Waals surface area contributed by atoms with E-state index in [9.17, 15) is 9.59 Å². The van der Waals surface area contributed by atoms with Crippen LogP contribution in [0.15, 0.2) is 40.9 Å². The fourth-order valence-electron chi connectivity index (χ4n) is 1.97. The van der Waals surface area contributed by atoms with Gasteiger partial charge in [0, 0.05) is 11.3 Å². The fraction of sp³-hybridized carbons (Fsp3) is 0.176. The van der Waals surface area contributed by atoms with Gasteiger partial charge < -0.3 is 20.5 Å². The number of nitrogen functional groups attached to an aromatic ring is 1. The molecule has 2 rings (SSSR count). The standard InChI is InChI=1S/C17H17BrN2O4/c1-10-7-11(17(22)20-9-15(21)23-2)8-14(18)16(10)24-13-5-3-12(19)4-6-13/h3-8H,9,19H2,1-2H3,(H,20,22). The molecule has 0 saturated heterocycles. The molecule has 3 N–H and O–H groups in total. The van der Waals surface area contributed by atoms with Gasteiger partial charge in [0.25, 0.3) is 5.91 Å². The summed E-state index contributed by atoms with van der Waals surface area (Å²) in [5, 5.41) is 2.49. The van der Waals surface area contributed by atoms with E-state index in [1.54, 1.807) is 36.4 Å². The van der Waals surface area contributed by atoms with Crippen molar-refractivity contribution in [3.8, 4) is 11.5 Å². The molecule has 0 bridgehead atoms. The number of ether oxygens (including phenoxy) is 2. The summed E-state index contributed by atoms with van der Waals surface area (Å²) < 4.78 is 11.0. The van der Waals surface area contributed by atoms with Gasteiger partial charge in [0.2, 0.25) is 0 Å². The smallest absolute Gasteiger partial charge is 0.325 e. The van der Waals surface area contributed by atoms with E-state index in [0.29, 0.717) is 27.2 Å². The maximum atomic E-state index is 12.1. The molecule has 0 spiro atoms. The number of halogens is 1. The normalized spacial score (nSPS) is 10.1. The van der Waals surface area contributed by atoms with Crippen LogP contribution in [-0.4, -0.2) is 25.5 Å². The molecule has 24 heavy (non-hydrogen) atoms. The van der Waals surface area contributed by atoms with Crippen molar-refractivity contribution in [1.82, 2.24) is 5.32 Å². The molecule has 0 unspecified atom stereocenters. The second kappa shape index (κ2) is 7.83. The Balaban J connectivity index is 2.17. The van der Waals surface area contributed by atoms with Gasteiger partial charge in [-0.25, -0.2) is 0 Å². The molecule has 2 aromatic carbocycles. The van der Waals surface area contributed by atoms with Crippen molar-refractivity contribution in [3.63, 3.8) is 0 Å². The van der Waals surface area contributed by atoms with Crippen molar-refractivity contribution >= 4 is 33.5 Å². The van der Waals surface area contributed by atoms with E-state index < -0.39 is 5.97 Å². The summed E-state index contributed by atoms with van der Waals surface area (Å²) in [5.74, 6) is 0.353. The highest BCUT2D eigenvalue weighted by Crippen LogP contribution is 2.34. The molecular weight excluding hydrogens is 376 g/mol. The molecule has 6 nitrogen and oxygen atoms in total. The molecule has 0 aliphatic rings. The van der Waals surface area contributed by atoms with E-state index in [2.05, 4.69) is 26.0 Å². The van der Waals surface area contributed by atoms with Gasteiger partial charge in [-0.1, -0.05) is 0 Å². The minimum atomic E-state index is -0.512. The number of nitrogens with two attached hydrogens (primary N) is 1. The van der Waals surface area contributed by atoms with E-state index in [4.69, 9.17) is 10.5 Å². The van der Waals surface area contributed by atoms with Crippen molar-refractivity contribution in [2.24, 2.45) is 0 Å². The van der Waals surface area contributed by atoms with Crippen molar-refractivity contribution in [3.05, 3.63) is 52.0 Å². The summed E-state index contributed by atoms with van der Waals surface area (Å²) in [6.07, 6.45) is 0. The average molecular weight is 393 g/mol. The van der Waals surface area contributed by atoms with E-state index in [-0.39, 0.29) is 12.5 Å². The first kappa shape index (κ1) is 17.8. The molecule has 0 atom stereocenters. The molecule has 0 aromatic heterocycles. The van der Waals surface area contributed by atoms with E-state index in [1.807, 2.05) is 6.92 Å². The lowest BCUT2D eigenvalue weighted by Gasteiger charge is -2.13. The molecule has 0 aliphatic carbocycles. The predicted molar refractivity (Wildman–Crippen MR) is 94.2 cm³/mol. The van der Waals surface area contributed by atoms with Crippen LogP contribution in [-0.2, 0) is 9.53 Å². The van der Waals surface area contributed by atoms with E-state index >= 15 is 0 Å². The molecule has 2 aromatic rings. The van der Waals surface area contributed by atoms with Crippen molar-refractivity contribution in [2.45, 2.75) is 6.92 Å². The van der Waals surface area contributed by atoms with Crippen LogP contribution < -0.4 is 15.8 Å². The number of esters is 1. The summed E-state index contributed by atoms with van der Waals surface area (Å²) in [6, 6.07) is 10.3. The molecule has 1 amide bonds. The Morgan fingerprint density at radius 1 is 1.21 bits per heavy atom. The van der Waals surface area contributed by atoms with Crippen molar-refractivity contribution in [1.29, 1.82) is 0 Å². The zero-order valence-electron chi connectivity index (χ0n) is 13.3. The van der Waals surface area contributed by atoms with Crippen LogP contribution in [0.5, 0.6) is 11.5 Å². The molecule has 0 aliphatic heterocycles. The Labute approximate surface area is 148 Å². The number of rotatable bonds is 5. The molecule has 0 heterocycles. The van der Waals surface area contributed by atoms with Gasteiger partial charge in [0.15, 0.2) is 0 Å². The molecule has 0 radical (unpaired) electrons. The second-order valence-electron chi connectivity index (χ2n) is 5.03.